The molecule has 0 aliphatic heterocycles. The highest BCUT2D eigenvalue weighted by atomic mass is 16.6. The van der Waals surface area contributed by atoms with Gasteiger partial charge < -0.3 is 9.84 Å². The molecule has 4 atom stereocenters. The highest BCUT2D eigenvalue weighted by Gasteiger charge is 2.48. The Morgan fingerprint density at radius 3 is 2.40 bits per heavy atom. The molecule has 0 saturated heterocycles. The Balaban J connectivity index is 2.06. The zero-order chi connectivity index (χ0) is 11.2. The maximum absolute atomic E-state index is 11.8. The Labute approximate surface area is 90.1 Å². The van der Waals surface area contributed by atoms with Gasteiger partial charge in [0.1, 0.15) is 5.60 Å². The number of aliphatic hydroxyl groups is 1. The van der Waals surface area contributed by atoms with E-state index in [0.29, 0.717) is 0 Å². The fourth-order valence-electron chi connectivity index (χ4n) is 2.48. The molecule has 0 aromatic carbocycles. The average molecular weight is 210 g/mol. The van der Waals surface area contributed by atoms with E-state index in [9.17, 15) is 9.90 Å². The molecule has 2 bridgehead atoms. The van der Waals surface area contributed by atoms with Crippen molar-refractivity contribution in [3.63, 3.8) is 0 Å². The van der Waals surface area contributed by atoms with Crippen molar-refractivity contribution in [2.75, 3.05) is 0 Å². The predicted molar refractivity (Wildman–Crippen MR) is 56.1 cm³/mol. The molecule has 0 radical (unpaired) electrons. The molecule has 0 amide bonds. The van der Waals surface area contributed by atoms with Crippen LogP contribution in [0, 0.1) is 17.8 Å². The predicted octanol–water partition coefficient (Wildman–Crippen LogP) is 1.51. The van der Waals surface area contributed by atoms with Gasteiger partial charge in [0.2, 0.25) is 0 Å². The second-order valence-electron chi connectivity index (χ2n) is 5.50. The van der Waals surface area contributed by atoms with E-state index in [1.807, 2.05) is 32.9 Å². The van der Waals surface area contributed by atoms with Gasteiger partial charge >= 0.3 is 5.97 Å². The molecule has 0 aromatic rings. The van der Waals surface area contributed by atoms with Gasteiger partial charge in [0.25, 0.3) is 0 Å². The van der Waals surface area contributed by atoms with Crippen LogP contribution in [0.25, 0.3) is 0 Å². The number of fused-ring (bicyclic) bond motifs is 2. The zero-order valence-electron chi connectivity index (χ0n) is 9.43. The van der Waals surface area contributed by atoms with Crippen molar-refractivity contribution >= 4 is 5.97 Å². The molecule has 15 heavy (non-hydrogen) atoms. The summed E-state index contributed by atoms with van der Waals surface area (Å²) in [6.45, 7) is 5.54. The van der Waals surface area contributed by atoms with Gasteiger partial charge in [-0.15, -0.1) is 0 Å². The molecule has 1 saturated carbocycles. The maximum Gasteiger partial charge on any atom is 0.312 e. The average Bonchev–Trinajstić information content (AvgIpc) is 2.59. The summed E-state index contributed by atoms with van der Waals surface area (Å²) in [5.74, 6) is -0.265. The first-order valence-electron chi connectivity index (χ1n) is 5.48. The zero-order valence-corrected chi connectivity index (χ0v) is 9.43. The lowest BCUT2D eigenvalue weighted by Gasteiger charge is -2.27. The fraction of sp³-hybridized carbons (Fsp3) is 0.750. The Morgan fingerprint density at radius 1 is 1.33 bits per heavy atom. The molecule has 84 valence electrons. The number of carbonyl (C=O) groups excluding carboxylic acids is 1. The number of hydrogen-bond donors (Lipinski definition) is 1. The number of hydrogen-bond acceptors (Lipinski definition) is 3. The van der Waals surface area contributed by atoms with Gasteiger partial charge in [-0.1, -0.05) is 12.2 Å². The first kappa shape index (κ1) is 10.7. The van der Waals surface area contributed by atoms with Crippen LogP contribution in [-0.4, -0.2) is 22.8 Å². The van der Waals surface area contributed by atoms with Crippen molar-refractivity contribution in [3.05, 3.63) is 12.2 Å². The summed E-state index contributed by atoms with van der Waals surface area (Å²) in [5, 5.41) is 9.89. The molecule has 3 nitrogen and oxygen atoms in total. The van der Waals surface area contributed by atoms with Crippen molar-refractivity contribution in [2.24, 2.45) is 17.8 Å². The number of esters is 1. The number of rotatable bonds is 1. The van der Waals surface area contributed by atoms with E-state index in [4.69, 9.17) is 4.74 Å². The van der Waals surface area contributed by atoms with Crippen LogP contribution in [0.1, 0.15) is 27.2 Å². The largest absolute Gasteiger partial charge is 0.460 e. The van der Waals surface area contributed by atoms with Gasteiger partial charge in [0.15, 0.2) is 0 Å². The summed E-state index contributed by atoms with van der Waals surface area (Å²) in [6.07, 6.45) is 4.39. The molecule has 0 aromatic heterocycles. The van der Waals surface area contributed by atoms with Crippen molar-refractivity contribution < 1.29 is 14.6 Å². The van der Waals surface area contributed by atoms with E-state index in [-0.39, 0.29) is 23.7 Å². The maximum atomic E-state index is 11.8. The van der Waals surface area contributed by atoms with E-state index < -0.39 is 11.7 Å². The van der Waals surface area contributed by atoms with Gasteiger partial charge in [0.05, 0.1) is 12.0 Å². The molecule has 4 unspecified atom stereocenters. The van der Waals surface area contributed by atoms with Crippen molar-refractivity contribution in [3.8, 4) is 0 Å². The van der Waals surface area contributed by atoms with Crippen LogP contribution in [0.4, 0.5) is 0 Å². The lowest BCUT2D eigenvalue weighted by atomic mass is 9.91. The van der Waals surface area contributed by atoms with Crippen molar-refractivity contribution in [2.45, 2.75) is 38.9 Å². The summed E-state index contributed by atoms with van der Waals surface area (Å²) in [4.78, 5) is 11.8. The summed E-state index contributed by atoms with van der Waals surface area (Å²) in [7, 11) is 0. The molecule has 2 rings (SSSR count). The first-order chi connectivity index (χ1) is 6.88. The molecule has 3 heteroatoms. The van der Waals surface area contributed by atoms with E-state index in [1.54, 1.807) is 0 Å². The van der Waals surface area contributed by atoms with E-state index >= 15 is 0 Å². The molecule has 1 fully saturated rings. The fourth-order valence-corrected chi connectivity index (χ4v) is 2.48. The molecular formula is C12H18O3. The lowest BCUT2D eigenvalue weighted by Crippen LogP contribution is -2.37. The quantitative estimate of drug-likeness (QED) is 0.527. The monoisotopic (exact) mass is 210 g/mol. The van der Waals surface area contributed by atoms with Crippen LogP contribution in [0.3, 0.4) is 0 Å². The minimum absolute atomic E-state index is 0.160. The van der Waals surface area contributed by atoms with Crippen LogP contribution in [-0.2, 0) is 9.53 Å². The highest BCUT2D eigenvalue weighted by molar-refractivity contribution is 5.75. The second-order valence-corrected chi connectivity index (χ2v) is 5.50. The normalized spacial score (nSPS) is 38.4. The minimum Gasteiger partial charge on any atom is -0.460 e. The van der Waals surface area contributed by atoms with Crippen molar-refractivity contribution in [1.29, 1.82) is 0 Å². The Bertz CT molecular complexity index is 300. The van der Waals surface area contributed by atoms with Crippen LogP contribution >= 0.6 is 0 Å². The lowest BCUT2D eigenvalue weighted by molar-refractivity contribution is -0.164. The minimum atomic E-state index is -0.546. The van der Waals surface area contributed by atoms with Crippen LogP contribution in [0.2, 0.25) is 0 Å². The van der Waals surface area contributed by atoms with Crippen LogP contribution < -0.4 is 0 Å². The molecule has 0 spiro atoms. The second kappa shape index (κ2) is 3.34. The number of ether oxygens (including phenoxy) is 1. The molecule has 0 heterocycles. The van der Waals surface area contributed by atoms with E-state index in [0.717, 1.165) is 6.42 Å². The van der Waals surface area contributed by atoms with Gasteiger partial charge in [-0.05, 0) is 33.1 Å². The van der Waals surface area contributed by atoms with Gasteiger partial charge in [-0.2, -0.15) is 0 Å². The first-order valence-corrected chi connectivity index (χ1v) is 5.48. The molecule has 2 aliphatic rings. The van der Waals surface area contributed by atoms with E-state index in [1.165, 1.54) is 0 Å². The van der Waals surface area contributed by atoms with Gasteiger partial charge in [-0.25, -0.2) is 0 Å². The number of carbonyl (C=O) groups is 1. The SMILES string of the molecule is CC(C)(C)OC(=O)C1C2C=CC(C2)C1O. The molecule has 1 N–H and O–H groups in total. The third kappa shape index (κ3) is 1.93. The molecular weight excluding hydrogens is 192 g/mol. The third-order valence-corrected chi connectivity index (χ3v) is 3.10. The summed E-state index contributed by atoms with van der Waals surface area (Å²) < 4.78 is 5.31. The Morgan fingerprint density at radius 2 is 1.93 bits per heavy atom. The standard InChI is InChI=1S/C12H18O3/c1-12(2,3)15-11(14)9-7-4-5-8(6-7)10(9)13/h4-5,7-10,13H,6H2,1-3H3. The summed E-state index contributed by atoms with van der Waals surface area (Å²) >= 11 is 0. The Hall–Kier alpha value is -0.830. The number of allylic oxidation sites excluding steroid dienone is 1. The van der Waals surface area contributed by atoms with Gasteiger partial charge in [-0.3, -0.25) is 4.79 Å². The highest BCUT2D eigenvalue weighted by Crippen LogP contribution is 2.44. The molecule has 2 aliphatic carbocycles. The third-order valence-electron chi connectivity index (χ3n) is 3.10. The van der Waals surface area contributed by atoms with E-state index in [2.05, 4.69) is 0 Å². The van der Waals surface area contributed by atoms with Crippen molar-refractivity contribution in [1.82, 2.24) is 0 Å². The summed E-state index contributed by atoms with van der Waals surface area (Å²) in [5.41, 5.74) is -0.470. The summed E-state index contributed by atoms with van der Waals surface area (Å²) in [6, 6.07) is 0. The topological polar surface area (TPSA) is 46.5 Å². The van der Waals surface area contributed by atoms with Gasteiger partial charge in [0, 0.05) is 5.92 Å². The smallest absolute Gasteiger partial charge is 0.312 e. The van der Waals surface area contributed by atoms with Crippen LogP contribution in [0.5, 0.6) is 0 Å². The number of aliphatic hydroxyl groups excluding tert-OH is 1. The Kier molecular flexibility index (Phi) is 2.38. The van der Waals surface area contributed by atoms with Crippen LogP contribution in [0.15, 0.2) is 12.2 Å².